The summed E-state index contributed by atoms with van der Waals surface area (Å²) in [5, 5.41) is 6.43. The van der Waals surface area contributed by atoms with Crippen molar-refractivity contribution in [1.29, 1.82) is 0 Å². The van der Waals surface area contributed by atoms with Gasteiger partial charge in [0.15, 0.2) is 0 Å². The molecule has 1 amide bonds. The SMILES string of the molecule is CCNC(=O)c1ccc(NC2CCC(C)CC2C)cc1. The molecule has 20 heavy (non-hydrogen) atoms. The van der Waals surface area contributed by atoms with Crippen LogP contribution in [0.3, 0.4) is 0 Å². The maximum Gasteiger partial charge on any atom is 0.251 e. The molecule has 0 aliphatic heterocycles. The summed E-state index contributed by atoms with van der Waals surface area (Å²) < 4.78 is 0. The normalized spacial score (nSPS) is 26.1. The van der Waals surface area contributed by atoms with Gasteiger partial charge in [-0.05, 0) is 62.3 Å². The minimum Gasteiger partial charge on any atom is -0.382 e. The first-order valence-electron chi connectivity index (χ1n) is 7.75. The molecule has 2 rings (SSSR count). The Morgan fingerprint density at radius 3 is 2.50 bits per heavy atom. The molecule has 0 aromatic heterocycles. The molecule has 3 unspecified atom stereocenters. The fourth-order valence-electron chi connectivity index (χ4n) is 3.07. The average Bonchev–Trinajstić information content (AvgIpc) is 2.43. The van der Waals surface area contributed by atoms with Crippen LogP contribution in [-0.2, 0) is 0 Å². The molecular weight excluding hydrogens is 248 g/mol. The van der Waals surface area contributed by atoms with Crippen molar-refractivity contribution in [3.05, 3.63) is 29.8 Å². The van der Waals surface area contributed by atoms with Crippen LogP contribution in [0, 0.1) is 11.8 Å². The molecule has 0 saturated heterocycles. The molecule has 0 bridgehead atoms. The molecule has 0 radical (unpaired) electrons. The van der Waals surface area contributed by atoms with E-state index in [1.54, 1.807) is 0 Å². The van der Waals surface area contributed by atoms with Gasteiger partial charge in [0.25, 0.3) is 5.91 Å². The van der Waals surface area contributed by atoms with Gasteiger partial charge in [-0.15, -0.1) is 0 Å². The first kappa shape index (κ1) is 14.9. The second kappa shape index (κ2) is 6.78. The molecule has 0 spiro atoms. The van der Waals surface area contributed by atoms with Gasteiger partial charge in [-0.2, -0.15) is 0 Å². The van der Waals surface area contributed by atoms with Crippen molar-refractivity contribution >= 4 is 11.6 Å². The maximum absolute atomic E-state index is 11.7. The first-order valence-corrected chi connectivity index (χ1v) is 7.75. The number of hydrogen-bond donors (Lipinski definition) is 2. The summed E-state index contributed by atoms with van der Waals surface area (Å²) in [6.07, 6.45) is 3.84. The second-order valence-corrected chi connectivity index (χ2v) is 6.08. The number of benzene rings is 1. The van der Waals surface area contributed by atoms with E-state index < -0.39 is 0 Å². The van der Waals surface area contributed by atoms with Gasteiger partial charge in [-0.3, -0.25) is 4.79 Å². The lowest BCUT2D eigenvalue weighted by Gasteiger charge is -2.33. The Morgan fingerprint density at radius 2 is 1.90 bits per heavy atom. The Morgan fingerprint density at radius 1 is 1.20 bits per heavy atom. The number of carbonyl (C=O) groups excluding carboxylic acids is 1. The van der Waals surface area contributed by atoms with Crippen molar-refractivity contribution in [2.75, 3.05) is 11.9 Å². The minimum atomic E-state index is -0.00101. The van der Waals surface area contributed by atoms with E-state index in [2.05, 4.69) is 24.5 Å². The van der Waals surface area contributed by atoms with E-state index in [0.717, 1.165) is 17.2 Å². The van der Waals surface area contributed by atoms with E-state index in [1.165, 1.54) is 19.3 Å². The number of carbonyl (C=O) groups is 1. The first-order chi connectivity index (χ1) is 9.60. The van der Waals surface area contributed by atoms with Crippen LogP contribution in [0.4, 0.5) is 5.69 Å². The molecule has 2 N–H and O–H groups in total. The Hall–Kier alpha value is -1.51. The minimum absolute atomic E-state index is 0.00101. The highest BCUT2D eigenvalue weighted by atomic mass is 16.1. The summed E-state index contributed by atoms with van der Waals surface area (Å²) in [5.41, 5.74) is 1.84. The van der Waals surface area contributed by atoms with E-state index in [1.807, 2.05) is 31.2 Å². The van der Waals surface area contributed by atoms with Crippen molar-refractivity contribution in [3.63, 3.8) is 0 Å². The largest absolute Gasteiger partial charge is 0.382 e. The van der Waals surface area contributed by atoms with Gasteiger partial charge in [-0.1, -0.05) is 13.8 Å². The van der Waals surface area contributed by atoms with Gasteiger partial charge in [-0.25, -0.2) is 0 Å². The number of hydrogen-bond acceptors (Lipinski definition) is 2. The highest BCUT2D eigenvalue weighted by molar-refractivity contribution is 5.94. The number of anilines is 1. The van der Waals surface area contributed by atoms with E-state index in [9.17, 15) is 4.79 Å². The van der Waals surface area contributed by atoms with Crippen molar-refractivity contribution in [3.8, 4) is 0 Å². The summed E-state index contributed by atoms with van der Waals surface area (Å²) in [7, 11) is 0. The van der Waals surface area contributed by atoms with Gasteiger partial charge < -0.3 is 10.6 Å². The van der Waals surface area contributed by atoms with Crippen molar-refractivity contribution in [2.45, 2.75) is 46.1 Å². The molecular formula is C17H26N2O. The molecule has 3 atom stereocenters. The van der Waals surface area contributed by atoms with E-state index >= 15 is 0 Å². The standard InChI is InChI=1S/C17H26N2O/c1-4-18-17(20)14-6-8-15(9-7-14)19-16-10-5-12(2)11-13(16)3/h6-9,12-13,16,19H,4-5,10-11H2,1-3H3,(H,18,20). The number of rotatable bonds is 4. The summed E-state index contributed by atoms with van der Waals surface area (Å²) in [4.78, 5) is 11.7. The molecule has 1 saturated carbocycles. The summed E-state index contributed by atoms with van der Waals surface area (Å²) in [6.45, 7) is 7.26. The van der Waals surface area contributed by atoms with Crippen LogP contribution in [0.15, 0.2) is 24.3 Å². The fraction of sp³-hybridized carbons (Fsp3) is 0.588. The van der Waals surface area contributed by atoms with Gasteiger partial charge in [0.1, 0.15) is 0 Å². The predicted molar refractivity (Wildman–Crippen MR) is 84.0 cm³/mol. The van der Waals surface area contributed by atoms with Crippen LogP contribution >= 0.6 is 0 Å². The van der Waals surface area contributed by atoms with E-state index in [-0.39, 0.29) is 5.91 Å². The lowest BCUT2D eigenvalue weighted by Crippen LogP contribution is -2.33. The quantitative estimate of drug-likeness (QED) is 0.879. The Bertz CT molecular complexity index is 441. The maximum atomic E-state index is 11.7. The van der Waals surface area contributed by atoms with Crippen LogP contribution < -0.4 is 10.6 Å². The Labute approximate surface area is 122 Å². The molecule has 1 aromatic carbocycles. The zero-order valence-corrected chi connectivity index (χ0v) is 12.8. The molecule has 1 aromatic rings. The third kappa shape index (κ3) is 3.75. The molecule has 1 aliphatic carbocycles. The zero-order chi connectivity index (χ0) is 14.5. The third-order valence-corrected chi connectivity index (χ3v) is 4.27. The molecule has 1 aliphatic rings. The van der Waals surface area contributed by atoms with Crippen LogP contribution in [0.2, 0.25) is 0 Å². The number of amides is 1. The molecule has 3 nitrogen and oxygen atoms in total. The van der Waals surface area contributed by atoms with Crippen molar-refractivity contribution in [1.82, 2.24) is 5.32 Å². The molecule has 1 fully saturated rings. The van der Waals surface area contributed by atoms with E-state index in [4.69, 9.17) is 0 Å². The van der Waals surface area contributed by atoms with Crippen LogP contribution in [0.1, 0.15) is 50.4 Å². The van der Waals surface area contributed by atoms with Crippen molar-refractivity contribution < 1.29 is 4.79 Å². The molecule has 0 heterocycles. The fourth-order valence-corrected chi connectivity index (χ4v) is 3.07. The lowest BCUT2D eigenvalue weighted by molar-refractivity contribution is 0.0956. The molecule has 110 valence electrons. The van der Waals surface area contributed by atoms with Crippen molar-refractivity contribution in [2.24, 2.45) is 11.8 Å². The topological polar surface area (TPSA) is 41.1 Å². The van der Waals surface area contributed by atoms with Gasteiger partial charge in [0.2, 0.25) is 0 Å². The van der Waals surface area contributed by atoms with E-state index in [0.29, 0.717) is 18.5 Å². The van der Waals surface area contributed by atoms with Gasteiger partial charge in [0.05, 0.1) is 0 Å². The highest BCUT2D eigenvalue weighted by Crippen LogP contribution is 2.30. The third-order valence-electron chi connectivity index (χ3n) is 4.27. The Kier molecular flexibility index (Phi) is 5.05. The predicted octanol–water partition coefficient (Wildman–Crippen LogP) is 3.67. The summed E-state index contributed by atoms with van der Waals surface area (Å²) in [5.74, 6) is 1.56. The average molecular weight is 274 g/mol. The summed E-state index contributed by atoms with van der Waals surface area (Å²) >= 11 is 0. The van der Waals surface area contributed by atoms with Crippen LogP contribution in [-0.4, -0.2) is 18.5 Å². The summed E-state index contributed by atoms with van der Waals surface area (Å²) in [6, 6.07) is 8.36. The lowest BCUT2D eigenvalue weighted by atomic mass is 9.80. The van der Waals surface area contributed by atoms with Crippen LogP contribution in [0.5, 0.6) is 0 Å². The van der Waals surface area contributed by atoms with Crippen LogP contribution in [0.25, 0.3) is 0 Å². The number of nitrogens with one attached hydrogen (secondary N) is 2. The monoisotopic (exact) mass is 274 g/mol. The second-order valence-electron chi connectivity index (χ2n) is 6.08. The highest BCUT2D eigenvalue weighted by Gasteiger charge is 2.24. The van der Waals surface area contributed by atoms with Gasteiger partial charge >= 0.3 is 0 Å². The molecule has 3 heteroatoms. The zero-order valence-electron chi connectivity index (χ0n) is 12.8. The smallest absolute Gasteiger partial charge is 0.251 e. The van der Waals surface area contributed by atoms with Gasteiger partial charge in [0, 0.05) is 23.8 Å². The Balaban J connectivity index is 1.95.